The highest BCUT2D eigenvalue weighted by atomic mass is 32.1. The Balaban J connectivity index is 2.65. The molecule has 0 saturated heterocycles. The van der Waals surface area contributed by atoms with E-state index >= 15 is 0 Å². The molecule has 1 aromatic heterocycles. The van der Waals surface area contributed by atoms with E-state index in [1.165, 1.54) is 11.3 Å². The average Bonchev–Trinajstić information content (AvgIpc) is 2.52. The van der Waals surface area contributed by atoms with Crippen molar-refractivity contribution in [1.29, 1.82) is 0 Å². The maximum absolute atomic E-state index is 12.2. The van der Waals surface area contributed by atoms with Crippen molar-refractivity contribution in [2.24, 2.45) is 0 Å². The second-order valence-corrected chi connectivity index (χ2v) is 3.91. The van der Waals surface area contributed by atoms with Crippen LogP contribution in [0.15, 0.2) is 16.8 Å². The molecule has 0 radical (unpaired) electrons. The lowest BCUT2D eigenvalue weighted by molar-refractivity contribution is -0.138. The van der Waals surface area contributed by atoms with Crippen molar-refractivity contribution < 1.29 is 13.2 Å². The molecule has 1 nitrogen and oxygen atoms in total. The van der Waals surface area contributed by atoms with E-state index in [-0.39, 0.29) is 0 Å². The Labute approximate surface area is 84.9 Å². The minimum Gasteiger partial charge on any atom is -0.319 e. The summed E-state index contributed by atoms with van der Waals surface area (Å²) in [5, 5.41) is 6.35. The predicted octanol–water partition coefficient (Wildman–Crippen LogP) is 3.00. The molecule has 0 spiro atoms. The molecule has 0 aliphatic heterocycles. The van der Waals surface area contributed by atoms with Gasteiger partial charge in [0.1, 0.15) is 0 Å². The smallest absolute Gasteiger partial charge is 0.319 e. The van der Waals surface area contributed by atoms with Crippen LogP contribution in [0.1, 0.15) is 17.9 Å². The van der Waals surface area contributed by atoms with E-state index in [9.17, 15) is 13.2 Å². The topological polar surface area (TPSA) is 12.0 Å². The predicted molar refractivity (Wildman–Crippen MR) is 51.7 cm³/mol. The van der Waals surface area contributed by atoms with E-state index in [1.54, 1.807) is 23.9 Å². The van der Waals surface area contributed by atoms with Crippen molar-refractivity contribution in [3.63, 3.8) is 0 Å². The van der Waals surface area contributed by atoms with Gasteiger partial charge in [0.05, 0.1) is 6.42 Å². The number of alkyl halides is 3. The quantitative estimate of drug-likeness (QED) is 0.827. The van der Waals surface area contributed by atoms with E-state index in [0.717, 1.165) is 5.56 Å². The van der Waals surface area contributed by atoms with Gasteiger partial charge in [0.15, 0.2) is 0 Å². The molecule has 0 saturated carbocycles. The SMILES string of the molecule is CNC[C@@H](CC(F)(F)F)c1ccsc1. The molecular weight excluding hydrogens is 211 g/mol. The molecule has 80 valence electrons. The van der Waals surface area contributed by atoms with Gasteiger partial charge < -0.3 is 5.32 Å². The van der Waals surface area contributed by atoms with Crippen LogP contribution >= 0.6 is 11.3 Å². The zero-order valence-electron chi connectivity index (χ0n) is 7.77. The van der Waals surface area contributed by atoms with Crippen LogP contribution < -0.4 is 5.32 Å². The van der Waals surface area contributed by atoms with Gasteiger partial charge in [0, 0.05) is 12.5 Å². The third-order valence-electron chi connectivity index (χ3n) is 1.94. The van der Waals surface area contributed by atoms with Crippen molar-refractivity contribution in [2.45, 2.75) is 18.5 Å². The van der Waals surface area contributed by atoms with E-state index < -0.39 is 18.5 Å². The lowest BCUT2D eigenvalue weighted by Crippen LogP contribution is -2.22. The molecular formula is C9H12F3NS. The van der Waals surface area contributed by atoms with Gasteiger partial charge >= 0.3 is 6.18 Å². The Kier molecular flexibility index (Phi) is 3.95. The summed E-state index contributed by atoms with van der Waals surface area (Å²) in [5.74, 6) is -0.466. The Morgan fingerprint density at radius 3 is 2.64 bits per heavy atom. The van der Waals surface area contributed by atoms with Crippen molar-refractivity contribution in [3.05, 3.63) is 22.4 Å². The number of thiophene rings is 1. The molecule has 1 rings (SSSR count). The van der Waals surface area contributed by atoms with Gasteiger partial charge in [-0.15, -0.1) is 0 Å². The second kappa shape index (κ2) is 4.79. The van der Waals surface area contributed by atoms with Crippen LogP contribution in [0.4, 0.5) is 13.2 Å². The van der Waals surface area contributed by atoms with Gasteiger partial charge in [-0.2, -0.15) is 24.5 Å². The van der Waals surface area contributed by atoms with Crippen LogP contribution in [-0.4, -0.2) is 19.8 Å². The molecule has 0 aliphatic rings. The average molecular weight is 223 g/mol. The van der Waals surface area contributed by atoms with Crippen LogP contribution in [0, 0.1) is 0 Å². The van der Waals surface area contributed by atoms with E-state index in [4.69, 9.17) is 0 Å². The number of hydrogen-bond acceptors (Lipinski definition) is 2. The van der Waals surface area contributed by atoms with Crippen LogP contribution in [0.2, 0.25) is 0 Å². The summed E-state index contributed by atoms with van der Waals surface area (Å²) in [6.07, 6.45) is -4.85. The number of hydrogen-bond donors (Lipinski definition) is 1. The Bertz CT molecular complexity index is 256. The third-order valence-corrected chi connectivity index (χ3v) is 2.64. The van der Waals surface area contributed by atoms with E-state index in [1.807, 2.05) is 0 Å². The Hall–Kier alpha value is -0.550. The van der Waals surface area contributed by atoms with Crippen molar-refractivity contribution in [2.75, 3.05) is 13.6 Å². The zero-order chi connectivity index (χ0) is 10.6. The molecule has 0 aromatic carbocycles. The minimum atomic E-state index is -4.09. The molecule has 5 heteroatoms. The first-order valence-corrected chi connectivity index (χ1v) is 5.20. The highest BCUT2D eigenvalue weighted by Gasteiger charge is 2.32. The molecule has 0 unspecified atom stereocenters. The zero-order valence-corrected chi connectivity index (χ0v) is 8.58. The first kappa shape index (κ1) is 11.5. The van der Waals surface area contributed by atoms with Gasteiger partial charge in [0.2, 0.25) is 0 Å². The van der Waals surface area contributed by atoms with Gasteiger partial charge in [-0.25, -0.2) is 0 Å². The summed E-state index contributed by atoms with van der Waals surface area (Å²) in [4.78, 5) is 0. The summed E-state index contributed by atoms with van der Waals surface area (Å²) < 4.78 is 36.6. The standard InChI is InChI=1S/C9H12F3NS/c1-13-5-8(4-9(10,11)12)7-2-3-14-6-7/h2-3,6,8,13H,4-5H2,1H3/t8-/m1/s1. The first-order valence-electron chi connectivity index (χ1n) is 4.26. The minimum absolute atomic E-state index is 0.357. The highest BCUT2D eigenvalue weighted by molar-refractivity contribution is 7.07. The van der Waals surface area contributed by atoms with Crippen LogP contribution in [0.5, 0.6) is 0 Å². The fraction of sp³-hybridized carbons (Fsp3) is 0.556. The number of likely N-dealkylation sites (N-methyl/N-ethyl adjacent to an activating group) is 1. The fourth-order valence-corrected chi connectivity index (χ4v) is 2.08. The molecule has 0 bridgehead atoms. The normalized spacial score (nSPS) is 14.3. The monoisotopic (exact) mass is 223 g/mol. The maximum atomic E-state index is 12.2. The van der Waals surface area contributed by atoms with Crippen molar-refractivity contribution >= 4 is 11.3 Å². The fourth-order valence-electron chi connectivity index (χ4n) is 1.34. The molecule has 0 aliphatic carbocycles. The summed E-state index contributed by atoms with van der Waals surface area (Å²) in [6, 6.07) is 1.75. The summed E-state index contributed by atoms with van der Waals surface area (Å²) >= 11 is 1.42. The number of rotatable bonds is 4. The Morgan fingerprint density at radius 2 is 2.21 bits per heavy atom. The van der Waals surface area contributed by atoms with Gasteiger partial charge in [-0.3, -0.25) is 0 Å². The molecule has 14 heavy (non-hydrogen) atoms. The summed E-state index contributed by atoms with van der Waals surface area (Å²) in [7, 11) is 1.66. The molecule has 1 N–H and O–H groups in total. The van der Waals surface area contributed by atoms with Crippen molar-refractivity contribution in [3.8, 4) is 0 Å². The van der Waals surface area contributed by atoms with E-state index in [0.29, 0.717) is 6.54 Å². The second-order valence-electron chi connectivity index (χ2n) is 3.13. The van der Waals surface area contributed by atoms with Gasteiger partial charge in [0.25, 0.3) is 0 Å². The lowest BCUT2D eigenvalue weighted by Gasteiger charge is -2.17. The number of nitrogens with one attached hydrogen (secondary N) is 1. The molecule has 1 heterocycles. The van der Waals surface area contributed by atoms with Gasteiger partial charge in [-0.05, 0) is 29.4 Å². The lowest BCUT2D eigenvalue weighted by atomic mass is 9.98. The van der Waals surface area contributed by atoms with Crippen LogP contribution in [0.3, 0.4) is 0 Å². The summed E-state index contributed by atoms with van der Waals surface area (Å²) in [6.45, 7) is 0.357. The van der Waals surface area contributed by atoms with E-state index in [2.05, 4.69) is 5.32 Å². The van der Waals surface area contributed by atoms with Crippen molar-refractivity contribution in [1.82, 2.24) is 5.32 Å². The first-order chi connectivity index (χ1) is 6.53. The maximum Gasteiger partial charge on any atom is 0.389 e. The van der Waals surface area contributed by atoms with Crippen LogP contribution in [-0.2, 0) is 0 Å². The number of halogens is 3. The van der Waals surface area contributed by atoms with Gasteiger partial charge in [-0.1, -0.05) is 0 Å². The molecule has 1 aromatic rings. The summed E-state index contributed by atoms with van der Waals surface area (Å²) in [5.41, 5.74) is 0.765. The molecule has 0 amide bonds. The molecule has 0 fully saturated rings. The largest absolute Gasteiger partial charge is 0.389 e. The third kappa shape index (κ3) is 3.67. The Morgan fingerprint density at radius 1 is 1.50 bits per heavy atom. The molecule has 1 atom stereocenters. The highest BCUT2D eigenvalue weighted by Crippen LogP contribution is 2.31. The van der Waals surface area contributed by atoms with Crippen LogP contribution in [0.25, 0.3) is 0 Å².